The zero-order chi connectivity index (χ0) is 29.0. The van der Waals surface area contributed by atoms with Crippen LogP contribution >= 0.6 is 11.8 Å². The number of amides is 2. The van der Waals surface area contributed by atoms with Gasteiger partial charge in [0.15, 0.2) is 0 Å². The first-order valence-electron chi connectivity index (χ1n) is 14.2. The van der Waals surface area contributed by atoms with Gasteiger partial charge in [0, 0.05) is 36.1 Å². The lowest BCUT2D eigenvalue weighted by molar-refractivity contribution is -0.123. The molecule has 1 heterocycles. The number of carbonyl (C=O) groups is 2. The number of rotatable bonds is 20. The van der Waals surface area contributed by atoms with Crippen molar-refractivity contribution in [1.82, 2.24) is 10.2 Å². The molecule has 0 atom stereocenters. The van der Waals surface area contributed by atoms with Crippen LogP contribution in [0.4, 0.5) is 4.79 Å². The number of likely N-dealkylation sites (tertiary alicyclic amines) is 1. The summed E-state index contributed by atoms with van der Waals surface area (Å²) in [5.41, 5.74) is -0.0101. The number of nitrogens with zero attached hydrogens (tertiary/aromatic N) is 1. The van der Waals surface area contributed by atoms with Crippen molar-refractivity contribution < 1.29 is 38.0 Å². The Morgan fingerprint density at radius 3 is 1.59 bits per heavy atom. The average molecular weight is 579 g/mol. The van der Waals surface area contributed by atoms with E-state index in [1.165, 1.54) is 0 Å². The van der Waals surface area contributed by atoms with E-state index < -0.39 is 0 Å². The topological polar surface area (TPSA) is 105 Å². The molecule has 11 heteroatoms. The van der Waals surface area contributed by atoms with Gasteiger partial charge in [-0.2, -0.15) is 11.8 Å². The van der Waals surface area contributed by atoms with Crippen molar-refractivity contribution in [2.75, 3.05) is 92.3 Å². The molecular weight excluding hydrogens is 524 g/mol. The Morgan fingerprint density at radius 2 is 1.15 bits per heavy atom. The van der Waals surface area contributed by atoms with Crippen molar-refractivity contribution in [2.24, 2.45) is 5.41 Å². The van der Waals surface area contributed by atoms with Crippen molar-refractivity contribution in [3.8, 4) is 0 Å². The molecule has 1 fully saturated rings. The second kappa shape index (κ2) is 20.7. The van der Waals surface area contributed by atoms with Crippen molar-refractivity contribution in [3.63, 3.8) is 0 Å². The van der Waals surface area contributed by atoms with Gasteiger partial charge >= 0.3 is 6.09 Å². The van der Waals surface area contributed by atoms with Crippen LogP contribution in [0.2, 0.25) is 0 Å². The smallest absolute Gasteiger partial charge is 0.409 e. The third-order valence-electron chi connectivity index (χ3n) is 5.42. The highest BCUT2D eigenvalue weighted by Gasteiger charge is 2.27. The Labute approximate surface area is 240 Å². The van der Waals surface area contributed by atoms with E-state index >= 15 is 0 Å². The second-order valence-electron chi connectivity index (χ2n) is 11.7. The molecule has 0 radical (unpaired) electrons. The van der Waals surface area contributed by atoms with Crippen molar-refractivity contribution in [2.45, 2.75) is 70.8 Å². The minimum atomic E-state index is -0.250. The highest BCUT2D eigenvalue weighted by molar-refractivity contribution is 8.01. The minimum absolute atomic E-state index is 0.0101. The molecular formula is C28H54N2O8S. The largest absolute Gasteiger partial charge is 0.447 e. The van der Waals surface area contributed by atoms with Gasteiger partial charge in [-0.15, -0.1) is 0 Å². The predicted octanol–water partition coefficient (Wildman–Crippen LogP) is 3.75. The van der Waals surface area contributed by atoms with Crippen molar-refractivity contribution in [1.29, 1.82) is 0 Å². The summed E-state index contributed by atoms with van der Waals surface area (Å²) < 4.78 is 32.9. The molecule has 1 aliphatic rings. The fourth-order valence-corrected chi connectivity index (χ4v) is 5.17. The maximum absolute atomic E-state index is 12.2. The molecule has 1 N–H and O–H groups in total. The van der Waals surface area contributed by atoms with Crippen LogP contribution in [-0.4, -0.2) is 119 Å². The Kier molecular flexibility index (Phi) is 19.1. The lowest BCUT2D eigenvalue weighted by atomic mass is 9.92. The summed E-state index contributed by atoms with van der Waals surface area (Å²) in [6, 6.07) is 0. The lowest BCUT2D eigenvalue weighted by Gasteiger charge is -2.34. The van der Waals surface area contributed by atoms with Crippen molar-refractivity contribution in [3.05, 3.63) is 0 Å². The van der Waals surface area contributed by atoms with Crippen LogP contribution in [0.25, 0.3) is 0 Å². The lowest BCUT2D eigenvalue weighted by Crippen LogP contribution is -2.40. The molecule has 10 nitrogen and oxygen atoms in total. The van der Waals surface area contributed by atoms with Gasteiger partial charge < -0.3 is 38.6 Å². The van der Waals surface area contributed by atoms with Gasteiger partial charge in [-0.3, -0.25) is 4.79 Å². The molecule has 0 unspecified atom stereocenters. The number of nitrogens with one attached hydrogen (secondary N) is 1. The normalized spacial score (nSPS) is 15.0. The summed E-state index contributed by atoms with van der Waals surface area (Å²) >= 11 is 2.00. The van der Waals surface area contributed by atoms with Gasteiger partial charge in [-0.05, 0) is 18.3 Å². The summed E-state index contributed by atoms with van der Waals surface area (Å²) in [6.07, 6.45) is 2.28. The van der Waals surface area contributed by atoms with Crippen LogP contribution in [0.1, 0.15) is 60.8 Å². The van der Waals surface area contributed by atoms with E-state index in [-0.39, 0.29) is 28.8 Å². The number of piperidine rings is 1. The molecule has 0 spiro atoms. The minimum Gasteiger partial charge on any atom is -0.447 e. The van der Waals surface area contributed by atoms with Crippen LogP contribution in [0, 0.1) is 5.41 Å². The first-order valence-corrected chi connectivity index (χ1v) is 15.1. The molecule has 1 aliphatic heterocycles. The van der Waals surface area contributed by atoms with Crippen LogP contribution in [-0.2, 0) is 33.2 Å². The van der Waals surface area contributed by atoms with E-state index in [1.54, 1.807) is 4.90 Å². The highest BCUT2D eigenvalue weighted by atomic mass is 32.2. The summed E-state index contributed by atoms with van der Waals surface area (Å²) in [7, 11) is 0. The highest BCUT2D eigenvalue weighted by Crippen LogP contribution is 2.33. The average Bonchev–Trinajstić information content (AvgIpc) is 2.83. The van der Waals surface area contributed by atoms with Crippen LogP contribution in [0.5, 0.6) is 0 Å². The van der Waals surface area contributed by atoms with Gasteiger partial charge in [-0.25, -0.2) is 4.79 Å². The van der Waals surface area contributed by atoms with E-state index in [9.17, 15) is 9.59 Å². The first kappa shape index (κ1) is 35.9. The van der Waals surface area contributed by atoms with E-state index in [2.05, 4.69) is 26.1 Å². The Bertz CT molecular complexity index is 646. The van der Waals surface area contributed by atoms with Gasteiger partial charge in [0.1, 0.15) is 6.61 Å². The van der Waals surface area contributed by atoms with E-state index in [0.29, 0.717) is 84.3 Å². The summed E-state index contributed by atoms with van der Waals surface area (Å²) in [5, 5.41) is 3.46. The fraction of sp³-hybridized carbons (Fsp3) is 0.929. The second-order valence-corrected chi connectivity index (χ2v) is 13.8. The Hall–Kier alpha value is -1.11. The Morgan fingerprint density at radius 1 is 0.718 bits per heavy atom. The molecule has 39 heavy (non-hydrogen) atoms. The molecule has 1 saturated heterocycles. The van der Waals surface area contributed by atoms with E-state index in [4.69, 9.17) is 28.4 Å². The molecule has 230 valence electrons. The van der Waals surface area contributed by atoms with Gasteiger partial charge in [0.2, 0.25) is 5.91 Å². The first-order chi connectivity index (χ1) is 18.5. The SMILES string of the molecule is CC(C)(C)CC(=O)NCCOCCOCCOCCOCCOCCOC(=O)N1CCC(SC(C)(C)C)CC1. The maximum Gasteiger partial charge on any atom is 0.409 e. The zero-order valence-corrected chi connectivity index (χ0v) is 26.0. The van der Waals surface area contributed by atoms with Crippen LogP contribution < -0.4 is 5.32 Å². The molecule has 0 bridgehead atoms. The van der Waals surface area contributed by atoms with Gasteiger partial charge in [0.05, 0.1) is 66.1 Å². The molecule has 2 amide bonds. The molecule has 0 aliphatic carbocycles. The fourth-order valence-electron chi connectivity index (χ4n) is 3.72. The number of ether oxygens (including phenoxy) is 6. The number of carbonyl (C=O) groups excluding carboxylic acids is 2. The van der Waals surface area contributed by atoms with E-state index in [0.717, 1.165) is 25.9 Å². The third kappa shape index (κ3) is 22.3. The van der Waals surface area contributed by atoms with Crippen LogP contribution in [0.15, 0.2) is 0 Å². The molecule has 0 aromatic heterocycles. The molecule has 0 aromatic carbocycles. The maximum atomic E-state index is 12.2. The quantitative estimate of drug-likeness (QED) is 0.216. The monoisotopic (exact) mass is 578 g/mol. The van der Waals surface area contributed by atoms with Crippen molar-refractivity contribution >= 4 is 23.8 Å². The summed E-state index contributed by atoms with van der Waals surface area (Å²) in [4.78, 5) is 25.7. The summed E-state index contributed by atoms with van der Waals surface area (Å²) in [6.45, 7) is 19.7. The number of hydrogen-bond acceptors (Lipinski definition) is 9. The predicted molar refractivity (Wildman–Crippen MR) is 154 cm³/mol. The summed E-state index contributed by atoms with van der Waals surface area (Å²) in [5.74, 6) is 0.0473. The number of hydrogen-bond donors (Lipinski definition) is 1. The zero-order valence-electron chi connectivity index (χ0n) is 25.2. The van der Waals surface area contributed by atoms with Gasteiger partial charge in [-0.1, -0.05) is 41.5 Å². The van der Waals surface area contributed by atoms with E-state index in [1.807, 2.05) is 32.5 Å². The third-order valence-corrected chi connectivity index (χ3v) is 6.93. The number of thioether (sulfide) groups is 1. The standard InChI is InChI=1S/C28H54N2O8S/c1-27(2,3)23-25(31)29-9-12-33-13-14-34-15-16-35-17-18-36-19-20-37-21-22-38-26(32)30-10-7-24(8-11-30)39-28(4,5)6/h24H,7-23H2,1-6H3,(H,29,31). The van der Waals surface area contributed by atoms with Gasteiger partial charge in [0.25, 0.3) is 0 Å². The molecule has 1 rings (SSSR count). The molecule has 0 aromatic rings. The van der Waals surface area contributed by atoms with Crippen LogP contribution in [0.3, 0.4) is 0 Å². The Balaban J connectivity index is 1.79. The molecule has 0 saturated carbocycles.